The normalized spacial score (nSPS) is 11.0. The van der Waals surface area contributed by atoms with Crippen LogP contribution in [0.5, 0.6) is 11.5 Å². The van der Waals surface area contributed by atoms with Gasteiger partial charge in [0.1, 0.15) is 0 Å². The van der Waals surface area contributed by atoms with E-state index in [9.17, 15) is 24.5 Å². The molecule has 4 rings (SSSR count). The molecule has 186 valence electrons. The van der Waals surface area contributed by atoms with Crippen LogP contribution >= 0.6 is 0 Å². The molecule has 0 bridgehead atoms. The topological polar surface area (TPSA) is 176 Å². The maximum Gasteiger partial charge on any atom is 0.343 e. The van der Waals surface area contributed by atoms with E-state index in [1.54, 1.807) is 32.9 Å². The molecule has 36 heavy (non-hydrogen) atoms. The van der Waals surface area contributed by atoms with Crippen molar-refractivity contribution in [1.29, 1.82) is 0 Å². The highest BCUT2D eigenvalue weighted by Gasteiger charge is 2.29. The Morgan fingerprint density at radius 1 is 0.917 bits per heavy atom. The molecule has 2 aromatic heterocycles. The second kappa shape index (κ2) is 9.78. The lowest BCUT2D eigenvalue weighted by molar-refractivity contribution is -0.384. The van der Waals surface area contributed by atoms with Gasteiger partial charge in [0.15, 0.2) is 11.5 Å². The van der Waals surface area contributed by atoms with Gasteiger partial charge in [0.2, 0.25) is 0 Å². The number of hydrogen-bond acceptors (Lipinski definition) is 7. The standard InChI is InChI=1S/C24H23N5O7/c1-4-35-18-11-15(7-10-17(18)36-24(32)14-5-8-16(9-6-14)29(33)34)21(19-12(2)25-27-22(19)30)20-13(3)26-28-23(20)31/h5-11,21H,4H2,1-3H3,(H2,25,27,30)(H2,26,28,31). The van der Waals surface area contributed by atoms with Gasteiger partial charge in [-0.05, 0) is 50.6 Å². The highest BCUT2D eigenvalue weighted by atomic mass is 16.6. The third kappa shape index (κ3) is 4.56. The zero-order valence-electron chi connectivity index (χ0n) is 19.6. The van der Waals surface area contributed by atoms with Gasteiger partial charge in [-0.1, -0.05) is 6.07 Å². The van der Waals surface area contributed by atoms with Crippen molar-refractivity contribution in [3.63, 3.8) is 0 Å². The van der Waals surface area contributed by atoms with E-state index < -0.39 is 16.8 Å². The second-order valence-corrected chi connectivity index (χ2v) is 8.00. The summed E-state index contributed by atoms with van der Waals surface area (Å²) in [7, 11) is 0. The highest BCUT2D eigenvalue weighted by molar-refractivity contribution is 5.91. The zero-order chi connectivity index (χ0) is 26.0. The lowest BCUT2D eigenvalue weighted by atomic mass is 9.85. The fourth-order valence-corrected chi connectivity index (χ4v) is 4.02. The van der Waals surface area contributed by atoms with Crippen LogP contribution in [0.4, 0.5) is 5.69 Å². The predicted molar refractivity (Wildman–Crippen MR) is 129 cm³/mol. The molecule has 0 saturated heterocycles. The van der Waals surface area contributed by atoms with E-state index in [4.69, 9.17) is 9.47 Å². The number of aromatic nitrogens is 4. The van der Waals surface area contributed by atoms with Crippen LogP contribution in [0.2, 0.25) is 0 Å². The number of nitrogens with zero attached hydrogens (tertiary/aromatic N) is 1. The van der Waals surface area contributed by atoms with Crippen LogP contribution in [-0.2, 0) is 0 Å². The average molecular weight is 493 g/mol. The van der Waals surface area contributed by atoms with Crippen molar-refractivity contribution in [1.82, 2.24) is 20.4 Å². The Kier molecular flexibility index (Phi) is 6.59. The fraction of sp³-hybridized carbons (Fsp3) is 0.208. The molecule has 0 aliphatic carbocycles. The molecule has 0 unspecified atom stereocenters. The molecule has 4 aromatic rings. The number of esters is 1. The Morgan fingerprint density at radius 3 is 1.97 bits per heavy atom. The number of carbonyl (C=O) groups excluding carboxylic acids is 1. The van der Waals surface area contributed by atoms with Crippen LogP contribution < -0.4 is 20.6 Å². The summed E-state index contributed by atoms with van der Waals surface area (Å²) in [5.41, 5.74) is 1.65. The number of hydrogen-bond donors (Lipinski definition) is 4. The van der Waals surface area contributed by atoms with Crippen molar-refractivity contribution in [3.8, 4) is 11.5 Å². The number of nitro benzene ring substituents is 1. The van der Waals surface area contributed by atoms with Gasteiger partial charge in [-0.3, -0.25) is 29.9 Å². The van der Waals surface area contributed by atoms with Gasteiger partial charge < -0.3 is 19.7 Å². The average Bonchev–Trinajstić information content (AvgIpc) is 3.36. The first kappa shape index (κ1) is 24.3. The molecule has 12 heteroatoms. The van der Waals surface area contributed by atoms with Gasteiger partial charge in [0.05, 0.1) is 28.2 Å². The van der Waals surface area contributed by atoms with Gasteiger partial charge in [0, 0.05) is 29.4 Å². The number of carbonyl (C=O) groups is 1. The number of aromatic amines is 4. The Labute approximate surface area is 203 Å². The third-order valence-electron chi connectivity index (χ3n) is 5.72. The number of nitrogens with one attached hydrogen (secondary N) is 4. The summed E-state index contributed by atoms with van der Waals surface area (Å²) in [5, 5.41) is 21.5. The minimum absolute atomic E-state index is 0.113. The molecule has 0 aliphatic rings. The first-order valence-electron chi connectivity index (χ1n) is 11.0. The summed E-state index contributed by atoms with van der Waals surface area (Å²) in [6.45, 7) is 5.46. The van der Waals surface area contributed by atoms with E-state index in [0.29, 0.717) is 28.1 Å². The smallest absolute Gasteiger partial charge is 0.343 e. The molecule has 0 aliphatic heterocycles. The van der Waals surface area contributed by atoms with Crippen LogP contribution in [0.15, 0.2) is 52.1 Å². The lowest BCUT2D eigenvalue weighted by Crippen LogP contribution is -2.20. The zero-order valence-corrected chi connectivity index (χ0v) is 19.6. The molecule has 0 atom stereocenters. The van der Waals surface area contributed by atoms with Crippen molar-refractivity contribution in [3.05, 3.63) is 107 Å². The molecular weight excluding hydrogens is 470 g/mol. The highest BCUT2D eigenvalue weighted by Crippen LogP contribution is 2.37. The third-order valence-corrected chi connectivity index (χ3v) is 5.72. The molecule has 12 nitrogen and oxygen atoms in total. The van der Waals surface area contributed by atoms with Crippen molar-refractivity contribution < 1.29 is 19.2 Å². The molecule has 2 aromatic carbocycles. The molecule has 0 amide bonds. The van der Waals surface area contributed by atoms with Crippen LogP contribution in [-0.4, -0.2) is 37.9 Å². The molecule has 0 spiro atoms. The summed E-state index contributed by atoms with van der Waals surface area (Å²) in [6, 6.07) is 9.79. The Balaban J connectivity index is 1.76. The van der Waals surface area contributed by atoms with E-state index in [0.717, 1.165) is 0 Å². The number of nitro groups is 1. The second-order valence-electron chi connectivity index (χ2n) is 8.00. The van der Waals surface area contributed by atoms with Crippen molar-refractivity contribution in [2.75, 3.05) is 6.61 Å². The Bertz CT molecular complexity index is 1490. The van der Waals surface area contributed by atoms with Gasteiger partial charge >= 0.3 is 5.97 Å². The number of non-ortho nitro benzene ring substituents is 1. The van der Waals surface area contributed by atoms with Crippen molar-refractivity contribution in [2.24, 2.45) is 0 Å². The maximum absolute atomic E-state index is 12.7. The number of benzene rings is 2. The number of aryl methyl sites for hydroxylation is 2. The number of rotatable bonds is 8. The maximum atomic E-state index is 12.7. The Morgan fingerprint density at radius 2 is 1.50 bits per heavy atom. The molecule has 0 radical (unpaired) electrons. The van der Waals surface area contributed by atoms with Gasteiger partial charge in [-0.15, -0.1) is 0 Å². The van der Waals surface area contributed by atoms with E-state index >= 15 is 0 Å². The van der Waals surface area contributed by atoms with Crippen LogP contribution in [0.25, 0.3) is 0 Å². The molecule has 2 heterocycles. The van der Waals surface area contributed by atoms with Crippen molar-refractivity contribution in [2.45, 2.75) is 26.7 Å². The number of H-pyrrole nitrogens is 4. The van der Waals surface area contributed by atoms with Gasteiger partial charge in [-0.25, -0.2) is 4.79 Å². The SMILES string of the molecule is CCOc1cc(C(c2c(C)[nH][nH]c2=O)c2c(C)[nH][nH]c2=O)ccc1OC(=O)c1ccc([N+](=O)[O-])cc1. The summed E-state index contributed by atoms with van der Waals surface area (Å²) in [6.07, 6.45) is 0. The summed E-state index contributed by atoms with van der Waals surface area (Å²) >= 11 is 0. The van der Waals surface area contributed by atoms with E-state index in [1.165, 1.54) is 30.3 Å². The van der Waals surface area contributed by atoms with E-state index in [1.807, 2.05) is 0 Å². The van der Waals surface area contributed by atoms with Crippen LogP contribution in [0.1, 0.15) is 51.3 Å². The predicted octanol–water partition coefficient (Wildman–Crippen LogP) is 3.04. The van der Waals surface area contributed by atoms with E-state index in [2.05, 4.69) is 20.4 Å². The first-order valence-corrected chi connectivity index (χ1v) is 11.0. The number of ether oxygens (including phenoxy) is 2. The Hall–Kier alpha value is -4.87. The summed E-state index contributed by atoms with van der Waals surface area (Å²) in [5.74, 6) is -1.13. The summed E-state index contributed by atoms with van der Waals surface area (Å²) in [4.78, 5) is 48.3. The van der Waals surface area contributed by atoms with Crippen LogP contribution in [0, 0.1) is 24.0 Å². The minimum atomic E-state index is -0.742. The monoisotopic (exact) mass is 493 g/mol. The molecule has 0 fully saturated rings. The molecule has 4 N–H and O–H groups in total. The first-order chi connectivity index (χ1) is 17.2. The van der Waals surface area contributed by atoms with Crippen LogP contribution in [0.3, 0.4) is 0 Å². The summed E-state index contributed by atoms with van der Waals surface area (Å²) < 4.78 is 11.2. The van der Waals surface area contributed by atoms with E-state index in [-0.39, 0.29) is 40.5 Å². The molecular formula is C24H23N5O7. The van der Waals surface area contributed by atoms with Gasteiger partial charge in [-0.2, -0.15) is 0 Å². The van der Waals surface area contributed by atoms with Gasteiger partial charge in [0.25, 0.3) is 16.8 Å². The largest absolute Gasteiger partial charge is 0.490 e. The quantitative estimate of drug-likeness (QED) is 0.126. The molecule has 0 saturated carbocycles. The fourth-order valence-electron chi connectivity index (χ4n) is 4.02. The minimum Gasteiger partial charge on any atom is -0.490 e. The van der Waals surface area contributed by atoms with Crippen molar-refractivity contribution >= 4 is 11.7 Å². The lowest BCUT2D eigenvalue weighted by Gasteiger charge is -2.18.